The molecular formula is C17H21N3. The van der Waals surface area contributed by atoms with Gasteiger partial charge in [-0.1, -0.05) is 17.7 Å². The van der Waals surface area contributed by atoms with Crippen molar-refractivity contribution in [3.8, 4) is 0 Å². The highest BCUT2D eigenvalue weighted by Crippen LogP contribution is 2.24. The van der Waals surface area contributed by atoms with E-state index in [-0.39, 0.29) is 0 Å². The Morgan fingerprint density at radius 3 is 2.05 bits per heavy atom. The second-order valence-corrected chi connectivity index (χ2v) is 5.13. The van der Waals surface area contributed by atoms with E-state index >= 15 is 0 Å². The third kappa shape index (κ3) is 2.87. The predicted octanol–water partition coefficient (Wildman–Crippen LogP) is 3.75. The Morgan fingerprint density at radius 2 is 1.50 bits per heavy atom. The van der Waals surface area contributed by atoms with Crippen molar-refractivity contribution in [3.05, 3.63) is 52.3 Å². The lowest BCUT2D eigenvalue weighted by molar-refractivity contribution is 0.909. The van der Waals surface area contributed by atoms with Crippen LogP contribution in [-0.2, 0) is 7.05 Å². The molecule has 0 atom stereocenters. The van der Waals surface area contributed by atoms with Gasteiger partial charge < -0.3 is 4.57 Å². The normalized spacial score (nSPS) is 11.8. The Labute approximate surface area is 120 Å². The molecule has 0 unspecified atom stereocenters. The van der Waals surface area contributed by atoms with Crippen LogP contribution in [0, 0.1) is 20.8 Å². The zero-order valence-corrected chi connectivity index (χ0v) is 12.8. The van der Waals surface area contributed by atoms with Crippen LogP contribution in [0.1, 0.15) is 28.1 Å². The van der Waals surface area contributed by atoms with Crippen LogP contribution in [0.2, 0.25) is 0 Å². The SMILES string of the molecule is CN=Cc1ccc(C=Nc2c(C)cc(C)cc2C)n1C. The summed E-state index contributed by atoms with van der Waals surface area (Å²) < 4.78 is 2.08. The molecule has 1 aromatic carbocycles. The minimum Gasteiger partial charge on any atom is -0.342 e. The van der Waals surface area contributed by atoms with Crippen molar-refractivity contribution in [1.29, 1.82) is 0 Å². The van der Waals surface area contributed by atoms with Gasteiger partial charge in [-0.05, 0) is 44.0 Å². The average molecular weight is 267 g/mol. The molecule has 2 aromatic rings. The van der Waals surface area contributed by atoms with Crippen LogP contribution < -0.4 is 0 Å². The molecular weight excluding hydrogens is 246 g/mol. The van der Waals surface area contributed by atoms with Crippen molar-refractivity contribution in [2.24, 2.45) is 17.0 Å². The van der Waals surface area contributed by atoms with Crippen LogP contribution in [0.3, 0.4) is 0 Å². The first-order valence-electron chi connectivity index (χ1n) is 6.72. The number of hydrogen-bond acceptors (Lipinski definition) is 2. The van der Waals surface area contributed by atoms with E-state index in [1.165, 1.54) is 16.7 Å². The molecule has 0 amide bonds. The van der Waals surface area contributed by atoms with Crippen LogP contribution >= 0.6 is 0 Å². The van der Waals surface area contributed by atoms with Crippen molar-refractivity contribution in [2.75, 3.05) is 7.05 Å². The molecule has 20 heavy (non-hydrogen) atoms. The van der Waals surface area contributed by atoms with E-state index in [1.54, 1.807) is 7.05 Å². The number of aryl methyl sites for hydroxylation is 3. The van der Waals surface area contributed by atoms with Gasteiger partial charge in [-0.25, -0.2) is 0 Å². The molecule has 0 aliphatic rings. The molecule has 0 bridgehead atoms. The zero-order valence-electron chi connectivity index (χ0n) is 12.8. The van der Waals surface area contributed by atoms with Gasteiger partial charge in [0.05, 0.1) is 23.3 Å². The predicted molar refractivity (Wildman–Crippen MR) is 86.8 cm³/mol. The smallest absolute Gasteiger partial charge is 0.0689 e. The van der Waals surface area contributed by atoms with Gasteiger partial charge >= 0.3 is 0 Å². The Hall–Kier alpha value is -2.16. The average Bonchev–Trinajstić information content (AvgIpc) is 2.70. The van der Waals surface area contributed by atoms with Crippen molar-refractivity contribution in [1.82, 2.24) is 4.57 Å². The Kier molecular flexibility index (Phi) is 4.18. The van der Waals surface area contributed by atoms with Crippen LogP contribution in [-0.4, -0.2) is 24.0 Å². The lowest BCUT2D eigenvalue weighted by atomic mass is 10.1. The summed E-state index contributed by atoms with van der Waals surface area (Å²) in [5.41, 5.74) is 6.90. The van der Waals surface area contributed by atoms with E-state index < -0.39 is 0 Å². The van der Waals surface area contributed by atoms with Crippen LogP contribution in [0.25, 0.3) is 0 Å². The maximum absolute atomic E-state index is 4.66. The lowest BCUT2D eigenvalue weighted by Gasteiger charge is -2.06. The fourth-order valence-corrected chi connectivity index (χ4v) is 2.44. The van der Waals surface area contributed by atoms with Gasteiger partial charge in [-0.2, -0.15) is 0 Å². The molecule has 3 nitrogen and oxygen atoms in total. The molecule has 0 fully saturated rings. The first kappa shape index (κ1) is 14.3. The zero-order chi connectivity index (χ0) is 14.7. The summed E-state index contributed by atoms with van der Waals surface area (Å²) >= 11 is 0. The molecule has 0 aliphatic carbocycles. The molecule has 0 saturated carbocycles. The molecule has 0 N–H and O–H groups in total. The summed E-state index contributed by atoms with van der Waals surface area (Å²) in [6.07, 6.45) is 3.76. The van der Waals surface area contributed by atoms with E-state index in [0.717, 1.165) is 17.1 Å². The minimum atomic E-state index is 1.06. The van der Waals surface area contributed by atoms with Crippen molar-refractivity contribution in [2.45, 2.75) is 20.8 Å². The van der Waals surface area contributed by atoms with Crippen molar-refractivity contribution >= 4 is 18.1 Å². The topological polar surface area (TPSA) is 29.6 Å². The molecule has 0 radical (unpaired) electrons. The third-order valence-corrected chi connectivity index (χ3v) is 3.42. The third-order valence-electron chi connectivity index (χ3n) is 3.42. The van der Waals surface area contributed by atoms with Crippen molar-refractivity contribution < 1.29 is 0 Å². The number of benzene rings is 1. The van der Waals surface area contributed by atoms with Gasteiger partial charge in [0.15, 0.2) is 0 Å². The second-order valence-electron chi connectivity index (χ2n) is 5.13. The highest BCUT2D eigenvalue weighted by atomic mass is 15.0. The molecule has 1 heterocycles. The van der Waals surface area contributed by atoms with Crippen LogP contribution in [0.4, 0.5) is 5.69 Å². The number of hydrogen-bond donors (Lipinski definition) is 0. The van der Waals surface area contributed by atoms with Crippen LogP contribution in [0.15, 0.2) is 34.3 Å². The molecule has 1 aromatic heterocycles. The lowest BCUT2D eigenvalue weighted by Crippen LogP contribution is -1.99. The molecule has 2 rings (SSSR count). The quantitative estimate of drug-likeness (QED) is 0.758. The van der Waals surface area contributed by atoms with Gasteiger partial charge in [-0.15, -0.1) is 0 Å². The Bertz CT molecular complexity index is 653. The fourth-order valence-electron chi connectivity index (χ4n) is 2.44. The number of rotatable bonds is 3. The summed E-state index contributed by atoms with van der Waals surface area (Å²) in [6, 6.07) is 8.43. The van der Waals surface area contributed by atoms with E-state index in [9.17, 15) is 0 Å². The van der Waals surface area contributed by atoms with Gasteiger partial charge in [0.1, 0.15) is 0 Å². The number of nitrogens with zero attached hydrogens (tertiary/aromatic N) is 3. The fraction of sp³-hybridized carbons (Fsp3) is 0.294. The van der Waals surface area contributed by atoms with E-state index in [1.807, 2.05) is 25.5 Å². The molecule has 0 aliphatic heterocycles. The standard InChI is InChI=1S/C17H21N3/c1-12-8-13(2)17(14(3)9-12)19-11-16-7-6-15(10-18-4)20(16)5/h6-11H,1-5H3. The number of aliphatic imine (C=N–C) groups is 2. The van der Waals surface area contributed by atoms with Crippen molar-refractivity contribution in [3.63, 3.8) is 0 Å². The highest BCUT2D eigenvalue weighted by Gasteiger charge is 2.03. The summed E-state index contributed by atoms with van der Waals surface area (Å²) in [5, 5.41) is 0. The largest absolute Gasteiger partial charge is 0.342 e. The number of aromatic nitrogens is 1. The monoisotopic (exact) mass is 267 g/mol. The highest BCUT2D eigenvalue weighted by molar-refractivity contribution is 5.85. The maximum atomic E-state index is 4.66. The Morgan fingerprint density at radius 1 is 0.950 bits per heavy atom. The Balaban J connectivity index is 2.35. The molecule has 0 spiro atoms. The summed E-state index contributed by atoms with van der Waals surface area (Å²) in [5.74, 6) is 0. The van der Waals surface area contributed by atoms with E-state index in [4.69, 9.17) is 0 Å². The minimum absolute atomic E-state index is 1.06. The molecule has 3 heteroatoms. The van der Waals surface area contributed by atoms with Crippen LogP contribution in [0.5, 0.6) is 0 Å². The first-order valence-corrected chi connectivity index (χ1v) is 6.72. The van der Waals surface area contributed by atoms with Gasteiger partial charge in [0, 0.05) is 20.3 Å². The first-order chi connectivity index (χ1) is 9.52. The van der Waals surface area contributed by atoms with Gasteiger partial charge in [0.25, 0.3) is 0 Å². The van der Waals surface area contributed by atoms with E-state index in [0.29, 0.717) is 0 Å². The van der Waals surface area contributed by atoms with Gasteiger partial charge in [-0.3, -0.25) is 9.98 Å². The van der Waals surface area contributed by atoms with Gasteiger partial charge in [0.2, 0.25) is 0 Å². The molecule has 104 valence electrons. The van der Waals surface area contributed by atoms with E-state index in [2.05, 4.69) is 53.5 Å². The molecule has 0 saturated heterocycles. The summed E-state index contributed by atoms with van der Waals surface area (Å²) in [6.45, 7) is 6.32. The second kappa shape index (κ2) is 5.87. The summed E-state index contributed by atoms with van der Waals surface area (Å²) in [7, 11) is 3.80. The maximum Gasteiger partial charge on any atom is 0.0689 e. The summed E-state index contributed by atoms with van der Waals surface area (Å²) in [4.78, 5) is 8.71.